The Labute approximate surface area is 102 Å². The van der Waals surface area contributed by atoms with Gasteiger partial charge in [0, 0.05) is 24.2 Å². The molecule has 2 rings (SSSR count). The maximum Gasteiger partial charge on any atom is 0.141 e. The molecular formula is C11H10ClFN2S. The highest BCUT2D eigenvalue weighted by Crippen LogP contribution is 2.21. The molecule has 0 aromatic carbocycles. The van der Waals surface area contributed by atoms with Crippen LogP contribution in [-0.4, -0.2) is 4.98 Å². The van der Waals surface area contributed by atoms with E-state index in [1.54, 1.807) is 6.20 Å². The van der Waals surface area contributed by atoms with Gasteiger partial charge in [-0.15, -0.1) is 11.3 Å². The largest absolute Gasteiger partial charge is 0.308 e. The monoisotopic (exact) mass is 256 g/mol. The minimum atomic E-state index is -0.307. The van der Waals surface area contributed by atoms with Gasteiger partial charge in [-0.3, -0.25) is 4.98 Å². The molecule has 1 N–H and O–H groups in total. The lowest BCUT2D eigenvalue weighted by molar-refractivity contribution is 0.613. The van der Waals surface area contributed by atoms with Crippen molar-refractivity contribution in [1.82, 2.24) is 10.3 Å². The van der Waals surface area contributed by atoms with E-state index in [0.29, 0.717) is 6.54 Å². The van der Waals surface area contributed by atoms with Crippen molar-refractivity contribution < 1.29 is 4.39 Å². The zero-order valence-electron chi connectivity index (χ0n) is 8.41. The van der Waals surface area contributed by atoms with Gasteiger partial charge in [0.15, 0.2) is 0 Å². The Bertz CT molecular complexity index is 473. The van der Waals surface area contributed by atoms with E-state index in [2.05, 4.69) is 10.3 Å². The first-order valence-corrected chi connectivity index (χ1v) is 5.98. The maximum atomic E-state index is 12.8. The topological polar surface area (TPSA) is 24.9 Å². The molecule has 2 aromatic rings. The van der Waals surface area contributed by atoms with Crippen molar-refractivity contribution in [3.8, 4) is 0 Å². The van der Waals surface area contributed by atoms with Gasteiger partial charge in [0.1, 0.15) is 5.82 Å². The third-order valence-electron chi connectivity index (χ3n) is 2.02. The molecule has 0 aliphatic rings. The van der Waals surface area contributed by atoms with E-state index in [9.17, 15) is 4.39 Å². The van der Waals surface area contributed by atoms with Crippen molar-refractivity contribution in [3.05, 3.63) is 51.2 Å². The lowest BCUT2D eigenvalue weighted by Crippen LogP contribution is -2.12. The fourth-order valence-electron chi connectivity index (χ4n) is 1.33. The SMILES string of the molecule is Fc1cncc(CNCc2ccc(Cl)s2)c1. The lowest BCUT2D eigenvalue weighted by atomic mass is 10.3. The Morgan fingerprint density at radius 2 is 2.19 bits per heavy atom. The Morgan fingerprint density at radius 3 is 2.88 bits per heavy atom. The van der Waals surface area contributed by atoms with Gasteiger partial charge in [0.05, 0.1) is 10.5 Å². The summed E-state index contributed by atoms with van der Waals surface area (Å²) < 4.78 is 13.6. The van der Waals surface area contributed by atoms with Gasteiger partial charge < -0.3 is 5.32 Å². The maximum absolute atomic E-state index is 12.8. The highest BCUT2D eigenvalue weighted by atomic mass is 35.5. The number of hydrogen-bond donors (Lipinski definition) is 1. The zero-order chi connectivity index (χ0) is 11.4. The molecular weight excluding hydrogens is 247 g/mol. The molecule has 5 heteroatoms. The summed E-state index contributed by atoms with van der Waals surface area (Å²) in [6, 6.07) is 5.32. The molecule has 0 fully saturated rings. The minimum Gasteiger partial charge on any atom is -0.308 e. The van der Waals surface area contributed by atoms with E-state index in [4.69, 9.17) is 11.6 Å². The van der Waals surface area contributed by atoms with Gasteiger partial charge >= 0.3 is 0 Å². The Balaban J connectivity index is 1.84. The van der Waals surface area contributed by atoms with E-state index < -0.39 is 0 Å². The van der Waals surface area contributed by atoms with E-state index in [-0.39, 0.29) is 5.82 Å². The summed E-state index contributed by atoms with van der Waals surface area (Å²) in [5.41, 5.74) is 0.836. The quantitative estimate of drug-likeness (QED) is 0.909. The molecule has 0 saturated heterocycles. The van der Waals surface area contributed by atoms with Gasteiger partial charge in [0.2, 0.25) is 0 Å². The Hall–Kier alpha value is -0.970. The van der Waals surface area contributed by atoms with Crippen molar-refractivity contribution in [2.45, 2.75) is 13.1 Å². The van der Waals surface area contributed by atoms with Crippen LogP contribution in [0.1, 0.15) is 10.4 Å². The normalized spacial score (nSPS) is 10.6. The highest BCUT2D eigenvalue weighted by Gasteiger charge is 1.99. The molecule has 84 valence electrons. The average molecular weight is 257 g/mol. The molecule has 2 nitrogen and oxygen atoms in total. The number of nitrogens with zero attached hydrogens (tertiary/aromatic N) is 1. The van der Waals surface area contributed by atoms with Crippen molar-refractivity contribution in [1.29, 1.82) is 0 Å². The first kappa shape index (κ1) is 11.5. The standard InChI is InChI=1S/C11H10ClFN2S/c12-11-2-1-10(16-11)7-15-5-8-3-9(13)6-14-4-8/h1-4,6,15H,5,7H2. The molecule has 0 aliphatic heterocycles. The molecule has 2 aromatic heterocycles. The van der Waals surface area contributed by atoms with Crippen molar-refractivity contribution in [2.24, 2.45) is 0 Å². The van der Waals surface area contributed by atoms with Crippen molar-refractivity contribution in [3.63, 3.8) is 0 Å². The molecule has 0 spiro atoms. The van der Waals surface area contributed by atoms with Gasteiger partial charge in [-0.1, -0.05) is 11.6 Å². The van der Waals surface area contributed by atoms with E-state index in [1.165, 1.54) is 23.6 Å². The Kier molecular flexibility index (Phi) is 3.88. The highest BCUT2D eigenvalue weighted by molar-refractivity contribution is 7.16. The summed E-state index contributed by atoms with van der Waals surface area (Å²) >= 11 is 7.35. The van der Waals surface area contributed by atoms with Gasteiger partial charge in [-0.25, -0.2) is 4.39 Å². The number of thiophene rings is 1. The van der Waals surface area contributed by atoms with Crippen LogP contribution in [0.3, 0.4) is 0 Å². The first-order valence-electron chi connectivity index (χ1n) is 4.78. The van der Waals surface area contributed by atoms with Gasteiger partial charge in [0.25, 0.3) is 0 Å². The molecule has 0 bridgehead atoms. The van der Waals surface area contributed by atoms with E-state index in [0.717, 1.165) is 21.3 Å². The predicted octanol–water partition coefficient (Wildman–Crippen LogP) is 3.23. The van der Waals surface area contributed by atoms with Crippen LogP contribution in [0.4, 0.5) is 4.39 Å². The van der Waals surface area contributed by atoms with Gasteiger partial charge in [-0.2, -0.15) is 0 Å². The summed E-state index contributed by atoms with van der Waals surface area (Å²) in [5, 5.41) is 3.20. The van der Waals surface area contributed by atoms with Crippen molar-refractivity contribution >= 4 is 22.9 Å². The van der Waals surface area contributed by atoms with E-state index in [1.807, 2.05) is 12.1 Å². The van der Waals surface area contributed by atoms with Crippen LogP contribution in [0.5, 0.6) is 0 Å². The number of pyridine rings is 1. The molecule has 0 amide bonds. The number of aromatic nitrogens is 1. The second-order valence-electron chi connectivity index (χ2n) is 3.32. The summed E-state index contributed by atoms with van der Waals surface area (Å²) in [6.07, 6.45) is 2.85. The summed E-state index contributed by atoms with van der Waals surface area (Å²) in [4.78, 5) is 4.94. The van der Waals surface area contributed by atoms with Crippen molar-refractivity contribution in [2.75, 3.05) is 0 Å². The van der Waals surface area contributed by atoms with Crippen LogP contribution in [0, 0.1) is 5.82 Å². The number of rotatable bonds is 4. The van der Waals surface area contributed by atoms with Crippen LogP contribution in [0.2, 0.25) is 4.34 Å². The lowest BCUT2D eigenvalue weighted by Gasteiger charge is -2.02. The minimum absolute atomic E-state index is 0.307. The molecule has 0 radical (unpaired) electrons. The molecule has 0 atom stereocenters. The van der Waals surface area contributed by atoms with Gasteiger partial charge in [-0.05, 0) is 23.8 Å². The molecule has 0 unspecified atom stereocenters. The summed E-state index contributed by atoms with van der Waals surface area (Å²) in [7, 11) is 0. The fourth-order valence-corrected chi connectivity index (χ4v) is 2.39. The molecule has 0 aliphatic carbocycles. The summed E-state index contributed by atoms with van der Waals surface area (Å²) in [6.45, 7) is 1.33. The summed E-state index contributed by atoms with van der Waals surface area (Å²) in [5.74, 6) is -0.307. The first-order chi connectivity index (χ1) is 7.74. The molecule has 2 heterocycles. The second-order valence-corrected chi connectivity index (χ2v) is 5.12. The van der Waals surface area contributed by atoms with Crippen LogP contribution < -0.4 is 5.32 Å². The van der Waals surface area contributed by atoms with Crippen LogP contribution in [0.15, 0.2) is 30.6 Å². The average Bonchev–Trinajstić information content (AvgIpc) is 2.64. The van der Waals surface area contributed by atoms with Crippen LogP contribution in [0.25, 0.3) is 0 Å². The third kappa shape index (κ3) is 3.27. The second kappa shape index (κ2) is 5.39. The zero-order valence-corrected chi connectivity index (χ0v) is 9.98. The number of hydrogen-bond acceptors (Lipinski definition) is 3. The number of halogens is 2. The van der Waals surface area contributed by atoms with Crippen LogP contribution in [-0.2, 0) is 13.1 Å². The number of nitrogens with one attached hydrogen (secondary N) is 1. The molecule has 16 heavy (non-hydrogen) atoms. The van der Waals surface area contributed by atoms with Crippen LogP contribution >= 0.6 is 22.9 Å². The predicted molar refractivity (Wildman–Crippen MR) is 64.1 cm³/mol. The smallest absolute Gasteiger partial charge is 0.141 e. The third-order valence-corrected chi connectivity index (χ3v) is 3.25. The van der Waals surface area contributed by atoms with E-state index >= 15 is 0 Å². The molecule has 0 saturated carbocycles. The fraction of sp³-hybridized carbons (Fsp3) is 0.182. The Morgan fingerprint density at radius 1 is 1.31 bits per heavy atom.